The van der Waals surface area contributed by atoms with Crippen molar-refractivity contribution < 1.29 is 13.2 Å². The highest BCUT2D eigenvalue weighted by Gasteiger charge is 2.36. The van der Waals surface area contributed by atoms with E-state index in [4.69, 9.17) is 0 Å². The quantitative estimate of drug-likeness (QED) is 0.893. The average Bonchev–Trinajstić information content (AvgIpc) is 2.95. The van der Waals surface area contributed by atoms with Crippen molar-refractivity contribution in [1.82, 2.24) is 5.32 Å². The van der Waals surface area contributed by atoms with Crippen LogP contribution in [0.3, 0.4) is 0 Å². The number of rotatable bonds is 5. The molecule has 0 saturated heterocycles. The molecule has 3 rings (SSSR count). The Balaban J connectivity index is 1.95. The second-order valence-corrected chi connectivity index (χ2v) is 8.08. The van der Waals surface area contributed by atoms with E-state index in [0.717, 1.165) is 12.0 Å². The minimum atomic E-state index is -3.62. The third-order valence-corrected chi connectivity index (χ3v) is 6.27. The van der Waals surface area contributed by atoms with Gasteiger partial charge in [0, 0.05) is 18.2 Å². The fourth-order valence-corrected chi connectivity index (χ4v) is 4.87. The lowest BCUT2D eigenvalue weighted by Gasteiger charge is -2.24. The Hall–Kier alpha value is -2.34. The van der Waals surface area contributed by atoms with Gasteiger partial charge in [-0.15, -0.1) is 0 Å². The Bertz CT molecular complexity index is 879. The molecule has 1 N–H and O–H groups in total. The van der Waals surface area contributed by atoms with E-state index >= 15 is 0 Å². The molecule has 0 unspecified atom stereocenters. The van der Waals surface area contributed by atoms with E-state index in [-0.39, 0.29) is 16.8 Å². The molecule has 25 heavy (non-hydrogen) atoms. The van der Waals surface area contributed by atoms with Gasteiger partial charge in [-0.2, -0.15) is 0 Å². The van der Waals surface area contributed by atoms with E-state index in [1.54, 1.807) is 48.5 Å². The molecule has 0 radical (unpaired) electrons. The molecule has 132 valence electrons. The van der Waals surface area contributed by atoms with Crippen LogP contribution in [-0.2, 0) is 16.4 Å². The third kappa shape index (κ3) is 3.26. The first-order valence-corrected chi connectivity index (χ1v) is 9.89. The second kappa shape index (κ2) is 6.88. The van der Waals surface area contributed by atoms with Crippen molar-refractivity contribution >= 4 is 21.6 Å². The first kappa shape index (κ1) is 17.5. The second-order valence-electron chi connectivity index (χ2n) is 6.27. The molecule has 0 spiro atoms. The highest BCUT2D eigenvalue weighted by Crippen LogP contribution is 2.37. The number of nitrogens with zero attached hydrogens (tertiary/aromatic N) is 1. The van der Waals surface area contributed by atoms with Crippen LogP contribution in [-0.4, -0.2) is 26.9 Å². The number of carbonyl (C=O) groups excluding carboxylic acids is 1. The summed E-state index contributed by atoms with van der Waals surface area (Å²) in [6.45, 7) is 4.51. The first-order chi connectivity index (χ1) is 11.9. The summed E-state index contributed by atoms with van der Waals surface area (Å²) in [6.07, 6.45) is 1.47. The van der Waals surface area contributed by atoms with Crippen molar-refractivity contribution in [1.29, 1.82) is 0 Å². The fraction of sp³-hybridized carbons (Fsp3) is 0.316. The van der Waals surface area contributed by atoms with Gasteiger partial charge in [-0.1, -0.05) is 25.1 Å². The van der Waals surface area contributed by atoms with Crippen molar-refractivity contribution in [3.8, 4) is 0 Å². The highest BCUT2D eigenvalue weighted by atomic mass is 32.2. The topological polar surface area (TPSA) is 66.5 Å². The van der Waals surface area contributed by atoms with Gasteiger partial charge in [-0.3, -0.25) is 9.10 Å². The number of fused-ring (bicyclic) bond motifs is 1. The van der Waals surface area contributed by atoms with Crippen LogP contribution in [0.25, 0.3) is 0 Å². The van der Waals surface area contributed by atoms with Crippen LogP contribution in [0.15, 0.2) is 53.4 Å². The molecular formula is C19H22N2O3S. The average molecular weight is 358 g/mol. The zero-order valence-corrected chi connectivity index (χ0v) is 15.2. The van der Waals surface area contributed by atoms with Crippen molar-refractivity contribution in [3.63, 3.8) is 0 Å². The normalized spacial score (nSPS) is 16.6. The third-order valence-electron chi connectivity index (χ3n) is 4.33. The Morgan fingerprint density at radius 3 is 2.60 bits per heavy atom. The molecule has 0 aliphatic carbocycles. The molecule has 1 heterocycles. The predicted octanol–water partition coefficient (Wildman–Crippen LogP) is 2.97. The summed E-state index contributed by atoms with van der Waals surface area (Å²) in [7, 11) is -3.62. The summed E-state index contributed by atoms with van der Waals surface area (Å²) in [5, 5.41) is 2.85. The van der Waals surface area contributed by atoms with Gasteiger partial charge >= 0.3 is 0 Å². The Labute approximate surface area is 148 Å². The summed E-state index contributed by atoms with van der Waals surface area (Å²) in [5.74, 6) is -0.123. The van der Waals surface area contributed by atoms with E-state index in [1.165, 1.54) is 4.31 Å². The molecule has 0 aromatic heterocycles. The molecule has 1 atom stereocenters. The number of sulfonamides is 1. The Kier molecular flexibility index (Phi) is 4.81. The minimum Gasteiger partial charge on any atom is -0.352 e. The van der Waals surface area contributed by atoms with Crippen molar-refractivity contribution in [2.75, 3.05) is 10.8 Å². The molecule has 1 amide bonds. The van der Waals surface area contributed by atoms with E-state index < -0.39 is 10.0 Å². The summed E-state index contributed by atoms with van der Waals surface area (Å²) >= 11 is 0. The van der Waals surface area contributed by atoms with Crippen molar-refractivity contribution in [3.05, 3.63) is 59.7 Å². The van der Waals surface area contributed by atoms with Crippen LogP contribution < -0.4 is 9.62 Å². The van der Waals surface area contributed by atoms with Gasteiger partial charge in [-0.25, -0.2) is 8.42 Å². The Morgan fingerprint density at radius 2 is 1.92 bits per heavy atom. The van der Waals surface area contributed by atoms with Crippen molar-refractivity contribution in [2.45, 2.75) is 37.6 Å². The summed E-state index contributed by atoms with van der Waals surface area (Å²) in [5.41, 5.74) is 2.11. The summed E-state index contributed by atoms with van der Waals surface area (Å²) in [6, 6.07) is 13.5. The van der Waals surface area contributed by atoms with E-state index in [1.807, 2.05) is 13.8 Å². The van der Waals surface area contributed by atoms with Crippen molar-refractivity contribution in [2.24, 2.45) is 0 Å². The molecule has 1 aliphatic rings. The number of anilines is 1. The van der Waals surface area contributed by atoms with E-state index in [2.05, 4.69) is 5.32 Å². The molecule has 5 nitrogen and oxygen atoms in total. The maximum absolute atomic E-state index is 13.0. The molecule has 0 saturated carbocycles. The lowest BCUT2D eigenvalue weighted by molar-refractivity contribution is 0.0953. The van der Waals surface area contributed by atoms with Crippen LogP contribution in [0.4, 0.5) is 5.69 Å². The number of carbonyl (C=O) groups is 1. The van der Waals surface area contributed by atoms with E-state index in [0.29, 0.717) is 24.2 Å². The summed E-state index contributed by atoms with van der Waals surface area (Å²) in [4.78, 5) is 12.4. The molecule has 0 bridgehead atoms. The maximum atomic E-state index is 13.0. The Morgan fingerprint density at radius 1 is 1.20 bits per heavy atom. The van der Waals surface area contributed by atoms with E-state index in [9.17, 15) is 13.2 Å². The molecular weight excluding hydrogens is 336 g/mol. The minimum absolute atomic E-state index is 0.123. The fourth-order valence-electron chi connectivity index (χ4n) is 3.16. The van der Waals surface area contributed by atoms with Crippen LogP contribution in [0.2, 0.25) is 0 Å². The zero-order valence-electron chi connectivity index (χ0n) is 14.4. The van der Waals surface area contributed by atoms with Gasteiger partial charge < -0.3 is 5.32 Å². The maximum Gasteiger partial charge on any atom is 0.264 e. The largest absolute Gasteiger partial charge is 0.352 e. The smallest absolute Gasteiger partial charge is 0.264 e. The number of hydrogen-bond donors (Lipinski definition) is 1. The molecule has 2 aromatic rings. The first-order valence-electron chi connectivity index (χ1n) is 8.45. The molecule has 0 fully saturated rings. The van der Waals surface area contributed by atoms with Crippen LogP contribution in [0.1, 0.15) is 36.2 Å². The van der Waals surface area contributed by atoms with Gasteiger partial charge in [-0.05, 0) is 55.7 Å². The molecule has 2 aromatic carbocycles. The van der Waals surface area contributed by atoms with Gasteiger partial charge in [0.2, 0.25) is 0 Å². The van der Waals surface area contributed by atoms with Crippen LogP contribution in [0.5, 0.6) is 0 Å². The lowest BCUT2D eigenvalue weighted by Crippen LogP contribution is -2.35. The van der Waals surface area contributed by atoms with Crippen LogP contribution in [0, 0.1) is 0 Å². The zero-order chi connectivity index (χ0) is 18.0. The summed E-state index contributed by atoms with van der Waals surface area (Å²) < 4.78 is 27.5. The van der Waals surface area contributed by atoms with Gasteiger partial charge in [0.05, 0.1) is 10.6 Å². The van der Waals surface area contributed by atoms with Gasteiger partial charge in [0.15, 0.2) is 0 Å². The monoisotopic (exact) mass is 358 g/mol. The number of amides is 1. The number of nitrogens with one attached hydrogen (secondary N) is 1. The van der Waals surface area contributed by atoms with Crippen LogP contribution >= 0.6 is 0 Å². The lowest BCUT2D eigenvalue weighted by atomic mass is 10.1. The highest BCUT2D eigenvalue weighted by molar-refractivity contribution is 7.92. The van der Waals surface area contributed by atoms with Gasteiger partial charge in [0.25, 0.3) is 15.9 Å². The number of benzene rings is 2. The molecule has 6 heteroatoms. The predicted molar refractivity (Wildman–Crippen MR) is 98.3 cm³/mol. The standard InChI is InChI=1S/C19H22N2O3S/c1-3-11-20-19(22)15-9-10-18-16(13-15)12-14(2)21(18)25(23,24)17-7-5-4-6-8-17/h4-10,13-14H,3,11-12H2,1-2H3,(H,20,22)/t14-/m1/s1. The SMILES string of the molecule is CCCNC(=O)c1ccc2c(c1)C[C@@H](C)N2S(=O)(=O)c1ccccc1. The number of hydrogen-bond acceptors (Lipinski definition) is 3. The van der Waals surface area contributed by atoms with Gasteiger partial charge in [0.1, 0.15) is 0 Å². The molecule has 1 aliphatic heterocycles.